The number of hydrogen-bond donors (Lipinski definition) is 1. The first-order chi connectivity index (χ1) is 14.2. The Bertz CT molecular complexity index is 926. The molecule has 1 fully saturated rings. The lowest BCUT2D eigenvalue weighted by Gasteiger charge is -2.16. The number of nitrogens with zero attached hydrogens (tertiary/aromatic N) is 2. The first kappa shape index (κ1) is 22.5. The zero-order valence-corrected chi connectivity index (χ0v) is 18.4. The molecule has 1 amide bonds. The average molecular weight is 490 g/mol. The number of benzene rings is 1. The quantitative estimate of drug-likeness (QED) is 0.593. The highest BCUT2D eigenvalue weighted by Crippen LogP contribution is 2.47. The van der Waals surface area contributed by atoms with Crippen LogP contribution in [0.15, 0.2) is 22.7 Å². The van der Waals surface area contributed by atoms with Gasteiger partial charge in [-0.25, -0.2) is 0 Å². The minimum atomic E-state index is -4.59. The Morgan fingerprint density at radius 2 is 1.97 bits per heavy atom. The van der Waals surface area contributed by atoms with Crippen molar-refractivity contribution in [2.45, 2.75) is 44.3 Å². The lowest BCUT2D eigenvalue weighted by atomic mass is 10.1. The molecule has 1 unspecified atom stereocenters. The third kappa shape index (κ3) is 4.74. The lowest BCUT2D eigenvalue weighted by Crippen LogP contribution is -2.33. The summed E-state index contributed by atoms with van der Waals surface area (Å²) in [6.45, 7) is 1.88. The number of carbonyl (C=O) groups excluding carboxylic acids is 1. The summed E-state index contributed by atoms with van der Waals surface area (Å²) in [6.07, 6.45) is -2.48. The van der Waals surface area contributed by atoms with Crippen molar-refractivity contribution in [2.24, 2.45) is 0 Å². The van der Waals surface area contributed by atoms with Crippen LogP contribution in [0.5, 0.6) is 11.5 Å². The predicted octanol–water partition coefficient (Wildman–Crippen LogP) is 4.48. The number of methoxy groups -OCH3 is 2. The van der Waals surface area contributed by atoms with Gasteiger partial charge in [0.15, 0.2) is 17.2 Å². The van der Waals surface area contributed by atoms with Crippen molar-refractivity contribution in [3.05, 3.63) is 39.6 Å². The van der Waals surface area contributed by atoms with E-state index in [2.05, 4.69) is 26.3 Å². The highest BCUT2D eigenvalue weighted by atomic mass is 79.9. The molecule has 0 aliphatic heterocycles. The second kappa shape index (κ2) is 8.87. The zero-order chi connectivity index (χ0) is 22.1. The van der Waals surface area contributed by atoms with Crippen molar-refractivity contribution in [1.29, 1.82) is 0 Å². The van der Waals surface area contributed by atoms with Crippen LogP contribution in [-0.4, -0.2) is 36.5 Å². The molecule has 1 aliphatic rings. The van der Waals surface area contributed by atoms with Crippen LogP contribution < -0.4 is 14.8 Å². The number of hydrogen-bond acceptors (Lipinski definition) is 4. The lowest BCUT2D eigenvalue weighted by molar-refractivity contribution is -0.142. The summed E-state index contributed by atoms with van der Waals surface area (Å²) in [7, 11) is 3.09. The third-order valence-electron chi connectivity index (χ3n) is 5.03. The Hall–Kier alpha value is -2.23. The predicted molar refractivity (Wildman–Crippen MR) is 108 cm³/mol. The second-order valence-electron chi connectivity index (χ2n) is 7.17. The fraction of sp³-hybridized carbons (Fsp3) is 0.500. The second-order valence-corrected chi connectivity index (χ2v) is 7.96. The molecule has 0 bridgehead atoms. The SMILES string of the molecule is COc1ccc(CCNC(=O)C(C)n2nc(C(F)(F)F)c(Br)c2C2CC2)cc1OC. The third-order valence-corrected chi connectivity index (χ3v) is 5.81. The molecule has 1 atom stereocenters. The number of halogens is 4. The molecule has 6 nitrogen and oxygen atoms in total. The molecule has 0 spiro atoms. The summed E-state index contributed by atoms with van der Waals surface area (Å²) in [4.78, 5) is 12.6. The van der Waals surface area contributed by atoms with E-state index in [9.17, 15) is 18.0 Å². The summed E-state index contributed by atoms with van der Waals surface area (Å²) in [5.74, 6) is 0.798. The van der Waals surface area contributed by atoms with Gasteiger partial charge in [-0.15, -0.1) is 0 Å². The van der Waals surface area contributed by atoms with Gasteiger partial charge in [0.25, 0.3) is 0 Å². The van der Waals surface area contributed by atoms with Gasteiger partial charge in [0, 0.05) is 12.5 Å². The number of carbonyl (C=O) groups is 1. The maximum Gasteiger partial charge on any atom is 0.436 e. The summed E-state index contributed by atoms with van der Waals surface area (Å²) in [5.41, 5.74) is 0.375. The van der Waals surface area contributed by atoms with E-state index in [-0.39, 0.29) is 16.3 Å². The average Bonchev–Trinajstić information content (AvgIpc) is 3.48. The zero-order valence-electron chi connectivity index (χ0n) is 16.8. The number of aromatic nitrogens is 2. The van der Waals surface area contributed by atoms with E-state index in [4.69, 9.17) is 9.47 Å². The maximum absolute atomic E-state index is 13.3. The Kier molecular flexibility index (Phi) is 6.64. The van der Waals surface area contributed by atoms with Crippen molar-refractivity contribution in [2.75, 3.05) is 20.8 Å². The number of amides is 1. The summed E-state index contributed by atoms with van der Waals surface area (Å²) in [5, 5.41) is 6.51. The Balaban J connectivity index is 1.68. The molecular formula is C20H23BrF3N3O3. The fourth-order valence-corrected chi connectivity index (χ4v) is 4.06. The molecule has 0 radical (unpaired) electrons. The molecule has 1 saturated carbocycles. The molecule has 1 aromatic heterocycles. The van der Waals surface area contributed by atoms with Gasteiger partial charge in [-0.3, -0.25) is 9.48 Å². The summed E-state index contributed by atoms with van der Waals surface area (Å²) in [6, 6.07) is 4.60. The van der Waals surface area contributed by atoms with Crippen LogP contribution in [0.3, 0.4) is 0 Å². The fourth-order valence-electron chi connectivity index (χ4n) is 3.25. The Labute approximate surface area is 180 Å². The molecular weight excluding hydrogens is 467 g/mol. The minimum absolute atomic E-state index is 0.00927. The highest BCUT2D eigenvalue weighted by Gasteiger charge is 2.42. The van der Waals surface area contributed by atoms with Gasteiger partial charge in [0.05, 0.1) is 24.4 Å². The molecule has 3 rings (SSSR count). The van der Waals surface area contributed by atoms with Crippen LogP contribution in [-0.2, 0) is 17.4 Å². The number of rotatable bonds is 8. The number of ether oxygens (including phenoxy) is 2. The standard InChI is InChI=1S/C20H23BrF3N3O3/c1-11(27-17(13-5-6-13)16(21)18(26-27)20(22,23)24)19(28)25-9-8-12-4-7-14(29-2)15(10-12)30-3/h4,7,10-11,13H,5-6,8-9H2,1-3H3,(H,25,28). The largest absolute Gasteiger partial charge is 0.493 e. The van der Waals surface area contributed by atoms with Crippen molar-refractivity contribution in [3.8, 4) is 11.5 Å². The van der Waals surface area contributed by atoms with Crippen LogP contribution >= 0.6 is 15.9 Å². The van der Waals surface area contributed by atoms with E-state index < -0.39 is 17.9 Å². The molecule has 1 heterocycles. The molecule has 0 saturated heterocycles. The molecule has 1 N–H and O–H groups in total. The van der Waals surface area contributed by atoms with Gasteiger partial charge in [-0.2, -0.15) is 18.3 Å². The molecule has 164 valence electrons. The molecule has 1 aromatic carbocycles. The number of nitrogens with one attached hydrogen (secondary N) is 1. The monoisotopic (exact) mass is 489 g/mol. The Morgan fingerprint density at radius 3 is 2.53 bits per heavy atom. The van der Waals surface area contributed by atoms with E-state index in [0.717, 1.165) is 18.4 Å². The van der Waals surface area contributed by atoms with E-state index in [1.165, 1.54) is 4.68 Å². The van der Waals surface area contributed by atoms with E-state index in [1.54, 1.807) is 27.2 Å². The highest BCUT2D eigenvalue weighted by molar-refractivity contribution is 9.10. The molecule has 30 heavy (non-hydrogen) atoms. The van der Waals surface area contributed by atoms with E-state index in [1.807, 2.05) is 12.1 Å². The van der Waals surface area contributed by atoms with Crippen LogP contribution in [0.2, 0.25) is 0 Å². The van der Waals surface area contributed by atoms with Crippen molar-refractivity contribution < 1.29 is 27.4 Å². The van der Waals surface area contributed by atoms with Crippen molar-refractivity contribution in [1.82, 2.24) is 15.1 Å². The smallest absolute Gasteiger partial charge is 0.436 e. The Morgan fingerprint density at radius 1 is 1.30 bits per heavy atom. The first-order valence-electron chi connectivity index (χ1n) is 9.51. The first-order valence-corrected chi connectivity index (χ1v) is 10.3. The molecule has 10 heteroatoms. The van der Waals surface area contributed by atoms with Gasteiger partial charge in [-0.05, 0) is 59.8 Å². The van der Waals surface area contributed by atoms with Gasteiger partial charge in [0.1, 0.15) is 6.04 Å². The van der Waals surface area contributed by atoms with Crippen LogP contribution in [0.25, 0.3) is 0 Å². The van der Waals surface area contributed by atoms with Gasteiger partial charge in [-0.1, -0.05) is 6.07 Å². The molecule has 1 aliphatic carbocycles. The minimum Gasteiger partial charge on any atom is -0.493 e. The molecule has 2 aromatic rings. The normalized spacial score (nSPS) is 15.0. The van der Waals surface area contributed by atoms with Gasteiger partial charge in [0.2, 0.25) is 5.91 Å². The van der Waals surface area contributed by atoms with Crippen molar-refractivity contribution >= 4 is 21.8 Å². The maximum atomic E-state index is 13.3. The summed E-state index contributed by atoms with van der Waals surface area (Å²) < 4.78 is 51.4. The van der Waals surface area contributed by atoms with E-state index >= 15 is 0 Å². The van der Waals surface area contributed by atoms with Gasteiger partial charge >= 0.3 is 6.18 Å². The van der Waals surface area contributed by atoms with Gasteiger partial charge < -0.3 is 14.8 Å². The van der Waals surface area contributed by atoms with Crippen LogP contribution in [0.4, 0.5) is 13.2 Å². The topological polar surface area (TPSA) is 65.4 Å². The van der Waals surface area contributed by atoms with Crippen LogP contribution in [0.1, 0.15) is 48.7 Å². The number of alkyl halides is 3. The van der Waals surface area contributed by atoms with Crippen LogP contribution in [0, 0.1) is 0 Å². The summed E-state index contributed by atoms with van der Waals surface area (Å²) >= 11 is 3.05. The van der Waals surface area contributed by atoms with E-state index in [0.29, 0.717) is 30.2 Å². The van der Waals surface area contributed by atoms with Crippen molar-refractivity contribution in [3.63, 3.8) is 0 Å².